The number of carbonyl (C=O) groups is 1. The zero-order chi connectivity index (χ0) is 15.5. The third-order valence-corrected chi connectivity index (χ3v) is 3.17. The van der Waals surface area contributed by atoms with Crippen LogP contribution in [0.3, 0.4) is 0 Å². The number of hydrogen-bond donors (Lipinski definition) is 1. The lowest BCUT2D eigenvalue weighted by Crippen LogP contribution is -2.19. The maximum atomic E-state index is 12.8. The molecule has 0 saturated carbocycles. The molecule has 1 amide bonds. The maximum Gasteiger partial charge on any atom is 0.417 e. The predicted molar refractivity (Wildman–Crippen MR) is 68.4 cm³/mol. The van der Waals surface area contributed by atoms with E-state index in [0.717, 1.165) is 25.0 Å². The Morgan fingerprint density at radius 2 is 2.24 bits per heavy atom. The standard InChI is InChI=1S/C14H13F3N2O2/c15-14(16,17)12-6-10(4-3-9(12)8-18)19-13(20)7-11-2-1-5-21-11/h3-4,6,11H,1-2,5,7H2,(H,19,20). The van der Waals surface area contributed by atoms with E-state index in [1.54, 1.807) is 0 Å². The van der Waals surface area contributed by atoms with Crippen LogP contribution in [0.25, 0.3) is 0 Å². The van der Waals surface area contributed by atoms with E-state index in [2.05, 4.69) is 5.32 Å². The Morgan fingerprint density at radius 3 is 2.81 bits per heavy atom. The molecule has 1 aliphatic heterocycles. The van der Waals surface area contributed by atoms with E-state index in [-0.39, 0.29) is 18.2 Å². The van der Waals surface area contributed by atoms with Gasteiger partial charge in [0.1, 0.15) is 0 Å². The van der Waals surface area contributed by atoms with Crippen molar-refractivity contribution in [3.63, 3.8) is 0 Å². The number of benzene rings is 1. The molecule has 1 aromatic rings. The summed E-state index contributed by atoms with van der Waals surface area (Å²) in [6.45, 7) is 0.604. The summed E-state index contributed by atoms with van der Waals surface area (Å²) in [5, 5.41) is 11.1. The van der Waals surface area contributed by atoms with Gasteiger partial charge in [-0.15, -0.1) is 0 Å². The number of hydrogen-bond acceptors (Lipinski definition) is 3. The van der Waals surface area contributed by atoms with Crippen LogP contribution in [0, 0.1) is 11.3 Å². The molecule has 0 aromatic heterocycles. The number of alkyl halides is 3. The van der Waals surface area contributed by atoms with Gasteiger partial charge in [0, 0.05) is 12.3 Å². The molecule has 2 rings (SSSR count). The van der Waals surface area contributed by atoms with Gasteiger partial charge in [-0.3, -0.25) is 4.79 Å². The molecular weight excluding hydrogens is 285 g/mol. The van der Waals surface area contributed by atoms with Crippen LogP contribution < -0.4 is 5.32 Å². The molecule has 0 spiro atoms. The van der Waals surface area contributed by atoms with E-state index in [4.69, 9.17) is 10.00 Å². The normalized spacial score (nSPS) is 18.3. The zero-order valence-corrected chi connectivity index (χ0v) is 11.0. The zero-order valence-electron chi connectivity index (χ0n) is 11.0. The first-order valence-corrected chi connectivity index (χ1v) is 6.43. The predicted octanol–water partition coefficient (Wildman–Crippen LogP) is 3.08. The molecule has 1 saturated heterocycles. The highest BCUT2D eigenvalue weighted by atomic mass is 19.4. The van der Waals surface area contributed by atoms with Gasteiger partial charge in [-0.2, -0.15) is 18.4 Å². The summed E-state index contributed by atoms with van der Waals surface area (Å²) in [6, 6.07) is 4.58. The fourth-order valence-corrected chi connectivity index (χ4v) is 2.18. The van der Waals surface area contributed by atoms with Gasteiger partial charge >= 0.3 is 6.18 Å². The summed E-state index contributed by atoms with van der Waals surface area (Å²) >= 11 is 0. The van der Waals surface area contributed by atoms with E-state index >= 15 is 0 Å². The first kappa shape index (κ1) is 15.3. The van der Waals surface area contributed by atoms with Crippen LogP contribution >= 0.6 is 0 Å². The first-order chi connectivity index (χ1) is 9.90. The van der Waals surface area contributed by atoms with Gasteiger partial charge in [0.05, 0.1) is 29.7 Å². The third-order valence-electron chi connectivity index (χ3n) is 3.17. The van der Waals surface area contributed by atoms with Gasteiger partial charge in [-0.25, -0.2) is 0 Å². The van der Waals surface area contributed by atoms with Crippen molar-refractivity contribution in [3.05, 3.63) is 29.3 Å². The van der Waals surface area contributed by atoms with Gasteiger partial charge in [0.25, 0.3) is 0 Å². The quantitative estimate of drug-likeness (QED) is 0.932. The van der Waals surface area contributed by atoms with Crippen LogP contribution in [0.5, 0.6) is 0 Å². The van der Waals surface area contributed by atoms with Crippen molar-refractivity contribution in [2.75, 3.05) is 11.9 Å². The minimum Gasteiger partial charge on any atom is -0.378 e. The Kier molecular flexibility index (Phi) is 4.48. The Morgan fingerprint density at radius 1 is 1.48 bits per heavy atom. The number of rotatable bonds is 3. The van der Waals surface area contributed by atoms with E-state index in [1.807, 2.05) is 0 Å². The van der Waals surface area contributed by atoms with Gasteiger partial charge in [0.15, 0.2) is 0 Å². The molecule has 1 N–H and O–H groups in total. The fraction of sp³-hybridized carbons (Fsp3) is 0.429. The van der Waals surface area contributed by atoms with Crippen LogP contribution in [0.15, 0.2) is 18.2 Å². The molecular formula is C14H13F3N2O2. The molecule has 7 heteroatoms. The molecule has 112 valence electrons. The molecule has 1 aromatic carbocycles. The lowest BCUT2D eigenvalue weighted by Gasteiger charge is -2.13. The highest BCUT2D eigenvalue weighted by Crippen LogP contribution is 2.33. The summed E-state index contributed by atoms with van der Waals surface area (Å²) in [5.74, 6) is -0.403. The van der Waals surface area contributed by atoms with Crippen LogP contribution in [-0.2, 0) is 15.7 Å². The summed E-state index contributed by atoms with van der Waals surface area (Å²) in [4.78, 5) is 11.7. The lowest BCUT2D eigenvalue weighted by molar-refractivity contribution is -0.137. The van der Waals surface area contributed by atoms with Gasteiger partial charge in [-0.05, 0) is 31.0 Å². The topological polar surface area (TPSA) is 62.1 Å². The van der Waals surface area contributed by atoms with Gasteiger partial charge in [0.2, 0.25) is 5.91 Å². The van der Waals surface area contributed by atoms with E-state index < -0.39 is 23.2 Å². The minimum atomic E-state index is -4.64. The van der Waals surface area contributed by atoms with Crippen molar-refractivity contribution in [2.45, 2.75) is 31.5 Å². The number of ether oxygens (including phenoxy) is 1. The first-order valence-electron chi connectivity index (χ1n) is 6.43. The molecule has 1 unspecified atom stereocenters. The molecule has 4 nitrogen and oxygen atoms in total. The molecule has 0 bridgehead atoms. The number of amides is 1. The number of nitrogens with zero attached hydrogens (tertiary/aromatic N) is 1. The minimum absolute atomic E-state index is 0.0179. The lowest BCUT2D eigenvalue weighted by atomic mass is 10.1. The highest BCUT2D eigenvalue weighted by molar-refractivity contribution is 5.91. The second-order valence-corrected chi connectivity index (χ2v) is 4.76. The number of anilines is 1. The van der Waals surface area contributed by atoms with Crippen molar-refractivity contribution in [2.24, 2.45) is 0 Å². The molecule has 1 aliphatic rings. The smallest absolute Gasteiger partial charge is 0.378 e. The average Bonchev–Trinajstić information content (AvgIpc) is 2.90. The van der Waals surface area contributed by atoms with Crippen LogP contribution in [0.4, 0.5) is 18.9 Å². The second kappa shape index (κ2) is 6.14. The Labute approximate surface area is 119 Å². The van der Waals surface area contributed by atoms with Crippen molar-refractivity contribution < 1.29 is 22.7 Å². The molecule has 0 radical (unpaired) electrons. The van der Waals surface area contributed by atoms with Crippen molar-refractivity contribution >= 4 is 11.6 Å². The molecule has 0 aliphatic carbocycles. The van der Waals surface area contributed by atoms with Gasteiger partial charge in [-0.1, -0.05) is 0 Å². The van der Waals surface area contributed by atoms with Crippen molar-refractivity contribution in [1.29, 1.82) is 5.26 Å². The van der Waals surface area contributed by atoms with E-state index in [1.165, 1.54) is 12.1 Å². The summed E-state index contributed by atoms with van der Waals surface area (Å²) in [5.41, 5.74) is -1.51. The average molecular weight is 298 g/mol. The van der Waals surface area contributed by atoms with Crippen LogP contribution in [0.2, 0.25) is 0 Å². The summed E-state index contributed by atoms with van der Waals surface area (Å²) in [6.07, 6.45) is -3.05. The van der Waals surface area contributed by atoms with Gasteiger partial charge < -0.3 is 10.1 Å². The Balaban J connectivity index is 2.10. The van der Waals surface area contributed by atoms with E-state index in [0.29, 0.717) is 6.61 Å². The molecule has 1 atom stereocenters. The van der Waals surface area contributed by atoms with E-state index in [9.17, 15) is 18.0 Å². The monoisotopic (exact) mass is 298 g/mol. The SMILES string of the molecule is N#Cc1ccc(NC(=O)CC2CCCO2)cc1C(F)(F)F. The number of nitriles is 1. The van der Waals surface area contributed by atoms with Crippen LogP contribution in [-0.4, -0.2) is 18.6 Å². The molecule has 1 heterocycles. The number of nitrogens with one attached hydrogen (secondary N) is 1. The van der Waals surface area contributed by atoms with Crippen LogP contribution in [0.1, 0.15) is 30.4 Å². The van der Waals surface area contributed by atoms with Crippen molar-refractivity contribution in [1.82, 2.24) is 0 Å². The largest absolute Gasteiger partial charge is 0.417 e. The Bertz CT molecular complexity index is 573. The molecule has 1 fully saturated rings. The third kappa shape index (κ3) is 3.95. The second-order valence-electron chi connectivity index (χ2n) is 4.76. The Hall–Kier alpha value is -2.07. The molecule has 21 heavy (non-hydrogen) atoms. The summed E-state index contributed by atoms with van der Waals surface area (Å²) < 4.78 is 43.7. The van der Waals surface area contributed by atoms with Crippen molar-refractivity contribution in [3.8, 4) is 6.07 Å². The number of halogens is 3. The summed E-state index contributed by atoms with van der Waals surface area (Å²) in [7, 11) is 0. The fourth-order valence-electron chi connectivity index (χ4n) is 2.18. The highest BCUT2D eigenvalue weighted by Gasteiger charge is 2.34. The maximum absolute atomic E-state index is 12.8. The number of carbonyl (C=O) groups excluding carboxylic acids is 1.